The first-order valence-electron chi connectivity index (χ1n) is 10.0. The first-order chi connectivity index (χ1) is 11.8. The van der Waals surface area contributed by atoms with Crippen LogP contribution in [-0.4, -0.2) is 36.6 Å². The summed E-state index contributed by atoms with van der Waals surface area (Å²) in [5, 5.41) is 0. The molecule has 0 unspecified atom stereocenters. The van der Waals surface area contributed by atoms with Crippen molar-refractivity contribution in [3.8, 4) is 0 Å². The van der Waals surface area contributed by atoms with E-state index in [1.165, 1.54) is 38.5 Å². The average molecular weight is 335 g/mol. The second-order valence-corrected chi connectivity index (χ2v) is 7.53. The molecule has 0 N–H and O–H groups in total. The highest BCUT2D eigenvalue weighted by atomic mass is 16.6. The van der Waals surface area contributed by atoms with Crippen molar-refractivity contribution < 1.29 is 14.2 Å². The third-order valence-electron chi connectivity index (χ3n) is 5.42. The molecule has 3 nitrogen and oxygen atoms in total. The molecule has 0 aromatic heterocycles. The van der Waals surface area contributed by atoms with Gasteiger partial charge in [0.05, 0.1) is 36.6 Å². The van der Waals surface area contributed by atoms with Gasteiger partial charge in [-0.1, -0.05) is 44.4 Å². The molecule has 136 valence electrons. The van der Waals surface area contributed by atoms with E-state index >= 15 is 0 Å². The van der Waals surface area contributed by atoms with E-state index in [2.05, 4.69) is 25.7 Å². The van der Waals surface area contributed by atoms with Crippen LogP contribution in [0.4, 0.5) is 0 Å². The Bertz CT molecular complexity index is 419. The lowest BCUT2D eigenvalue weighted by molar-refractivity contribution is 0.321. The molecule has 0 spiro atoms. The summed E-state index contributed by atoms with van der Waals surface area (Å²) in [5.41, 5.74) is 0. The van der Waals surface area contributed by atoms with Gasteiger partial charge in [0.25, 0.3) is 0 Å². The summed E-state index contributed by atoms with van der Waals surface area (Å²) in [5.74, 6) is 0. The van der Waals surface area contributed by atoms with Gasteiger partial charge in [0.2, 0.25) is 0 Å². The van der Waals surface area contributed by atoms with Gasteiger partial charge >= 0.3 is 0 Å². The van der Waals surface area contributed by atoms with Crippen molar-refractivity contribution in [3.63, 3.8) is 0 Å². The maximum Gasteiger partial charge on any atom is 0.0877 e. The predicted molar refractivity (Wildman–Crippen MR) is 97.2 cm³/mol. The number of hydrogen-bond acceptors (Lipinski definition) is 3. The summed E-state index contributed by atoms with van der Waals surface area (Å²) in [7, 11) is 0. The van der Waals surface area contributed by atoms with E-state index < -0.39 is 0 Å². The Morgan fingerprint density at radius 3 is 2.08 bits per heavy atom. The van der Waals surface area contributed by atoms with Crippen LogP contribution in [0, 0.1) is 0 Å². The SMILES string of the molecule is C=CCCC[C@H]1O[C@@H]1C/C=C\C[C@H]1O[C@@H]1C[C@H]1O[C@@H]1CCCCC. The Morgan fingerprint density at radius 2 is 1.33 bits per heavy atom. The molecule has 3 saturated heterocycles. The van der Waals surface area contributed by atoms with E-state index in [0.29, 0.717) is 36.6 Å². The van der Waals surface area contributed by atoms with Gasteiger partial charge in [-0.3, -0.25) is 0 Å². The molecule has 3 heterocycles. The number of unbranched alkanes of at least 4 members (excludes halogenated alkanes) is 3. The van der Waals surface area contributed by atoms with Crippen molar-refractivity contribution in [1.82, 2.24) is 0 Å². The van der Waals surface area contributed by atoms with E-state index in [-0.39, 0.29) is 0 Å². The molecule has 3 aliphatic rings. The quantitative estimate of drug-likeness (QED) is 0.256. The fourth-order valence-corrected chi connectivity index (χ4v) is 3.62. The van der Waals surface area contributed by atoms with Gasteiger partial charge in [-0.05, 0) is 38.5 Å². The second kappa shape index (κ2) is 9.17. The summed E-state index contributed by atoms with van der Waals surface area (Å²) in [6.45, 7) is 6.01. The Labute approximate surface area is 147 Å². The summed E-state index contributed by atoms with van der Waals surface area (Å²) in [6, 6.07) is 0. The number of hydrogen-bond donors (Lipinski definition) is 0. The van der Waals surface area contributed by atoms with Crippen molar-refractivity contribution in [1.29, 1.82) is 0 Å². The summed E-state index contributed by atoms with van der Waals surface area (Å²) in [6.07, 6.45) is 21.3. The normalized spacial score (nSPS) is 36.9. The van der Waals surface area contributed by atoms with Gasteiger partial charge in [-0.15, -0.1) is 6.58 Å². The molecule has 6 atom stereocenters. The number of ether oxygens (including phenoxy) is 3. The zero-order valence-corrected chi connectivity index (χ0v) is 15.2. The van der Waals surface area contributed by atoms with Crippen LogP contribution in [-0.2, 0) is 14.2 Å². The molecule has 0 saturated carbocycles. The van der Waals surface area contributed by atoms with Gasteiger partial charge in [0, 0.05) is 6.42 Å². The standard InChI is InChI=1S/C21H34O3/c1-3-5-7-11-16-17(22-16)13-9-10-14-19-21(24-19)15-20-18(23-20)12-8-6-4-2/h3,9-10,16-21H,1,4-8,11-15H2,2H3/b10-9-/t16-,17-,18-,19-,20-,21-/m1/s1. The molecule has 24 heavy (non-hydrogen) atoms. The highest BCUT2D eigenvalue weighted by Gasteiger charge is 2.47. The first-order valence-corrected chi connectivity index (χ1v) is 10.0. The Morgan fingerprint density at radius 1 is 0.750 bits per heavy atom. The molecule has 3 aliphatic heterocycles. The molecule has 0 amide bonds. The van der Waals surface area contributed by atoms with Gasteiger partial charge in [0.15, 0.2) is 0 Å². The zero-order chi connectivity index (χ0) is 16.8. The number of allylic oxidation sites excluding steroid dienone is 1. The molecule has 3 heteroatoms. The van der Waals surface area contributed by atoms with Crippen LogP contribution >= 0.6 is 0 Å². The third-order valence-corrected chi connectivity index (χ3v) is 5.42. The number of rotatable bonds is 14. The summed E-state index contributed by atoms with van der Waals surface area (Å²) < 4.78 is 17.2. The van der Waals surface area contributed by atoms with Gasteiger partial charge in [0.1, 0.15) is 0 Å². The Balaban J connectivity index is 1.16. The van der Waals surface area contributed by atoms with Crippen LogP contribution in [0.5, 0.6) is 0 Å². The van der Waals surface area contributed by atoms with Crippen molar-refractivity contribution in [2.24, 2.45) is 0 Å². The van der Waals surface area contributed by atoms with Crippen molar-refractivity contribution in [2.75, 3.05) is 0 Å². The molecule has 0 aromatic rings. The fourth-order valence-electron chi connectivity index (χ4n) is 3.62. The minimum atomic E-state index is 0.435. The van der Waals surface area contributed by atoms with Crippen molar-refractivity contribution in [3.05, 3.63) is 24.8 Å². The molecule has 0 bridgehead atoms. The van der Waals surface area contributed by atoms with E-state index in [1.54, 1.807) is 0 Å². The van der Waals surface area contributed by atoms with Crippen LogP contribution in [0.2, 0.25) is 0 Å². The van der Waals surface area contributed by atoms with E-state index in [0.717, 1.165) is 25.7 Å². The summed E-state index contributed by atoms with van der Waals surface area (Å²) >= 11 is 0. The third kappa shape index (κ3) is 6.02. The highest BCUT2D eigenvalue weighted by molar-refractivity contribution is 5.00. The molecule has 0 aliphatic carbocycles. The van der Waals surface area contributed by atoms with Crippen molar-refractivity contribution in [2.45, 2.75) is 108 Å². The minimum Gasteiger partial charge on any atom is -0.369 e. The topological polar surface area (TPSA) is 37.6 Å². The molecular formula is C21H34O3. The van der Waals surface area contributed by atoms with Gasteiger partial charge in [-0.25, -0.2) is 0 Å². The molecule has 0 radical (unpaired) electrons. The van der Waals surface area contributed by atoms with E-state index in [4.69, 9.17) is 14.2 Å². The molecule has 3 rings (SSSR count). The lowest BCUT2D eigenvalue weighted by Crippen LogP contribution is -2.01. The van der Waals surface area contributed by atoms with Crippen LogP contribution < -0.4 is 0 Å². The maximum absolute atomic E-state index is 5.78. The monoisotopic (exact) mass is 334 g/mol. The van der Waals surface area contributed by atoms with Gasteiger partial charge in [-0.2, -0.15) is 0 Å². The smallest absolute Gasteiger partial charge is 0.0877 e. The lowest BCUT2D eigenvalue weighted by Gasteiger charge is -1.94. The second-order valence-electron chi connectivity index (χ2n) is 7.53. The first kappa shape index (κ1) is 18.2. The fraction of sp³-hybridized carbons (Fsp3) is 0.810. The maximum atomic E-state index is 5.78. The zero-order valence-electron chi connectivity index (χ0n) is 15.2. The van der Waals surface area contributed by atoms with E-state index in [9.17, 15) is 0 Å². The van der Waals surface area contributed by atoms with Crippen LogP contribution in [0.1, 0.15) is 71.1 Å². The van der Waals surface area contributed by atoms with Crippen LogP contribution in [0.15, 0.2) is 24.8 Å². The number of epoxide rings is 3. The predicted octanol–water partition coefficient (Wildman–Crippen LogP) is 4.95. The van der Waals surface area contributed by atoms with Crippen LogP contribution in [0.25, 0.3) is 0 Å². The molecule has 3 fully saturated rings. The lowest BCUT2D eigenvalue weighted by atomic mass is 10.1. The average Bonchev–Trinajstić information content (AvgIpc) is 3.46. The largest absolute Gasteiger partial charge is 0.369 e. The Hall–Kier alpha value is -0.640. The minimum absolute atomic E-state index is 0.435. The molecular weight excluding hydrogens is 300 g/mol. The molecule has 0 aromatic carbocycles. The van der Waals surface area contributed by atoms with Crippen molar-refractivity contribution >= 4 is 0 Å². The van der Waals surface area contributed by atoms with E-state index in [1.807, 2.05) is 6.08 Å². The highest BCUT2D eigenvalue weighted by Crippen LogP contribution is 2.38. The summed E-state index contributed by atoms with van der Waals surface area (Å²) in [4.78, 5) is 0. The van der Waals surface area contributed by atoms with Crippen LogP contribution in [0.3, 0.4) is 0 Å². The Kier molecular flexibility index (Phi) is 6.94. The van der Waals surface area contributed by atoms with Gasteiger partial charge < -0.3 is 14.2 Å².